The van der Waals surface area contributed by atoms with Gasteiger partial charge < -0.3 is 15.8 Å². The topological polar surface area (TPSA) is 81.4 Å². The summed E-state index contributed by atoms with van der Waals surface area (Å²) in [5.74, 6) is -2.02. The summed E-state index contributed by atoms with van der Waals surface area (Å²) in [7, 11) is 1.19. The fraction of sp³-hybridized carbons (Fsp3) is 0.200. The van der Waals surface area contributed by atoms with Gasteiger partial charge in [-0.2, -0.15) is 0 Å². The Bertz CT molecular complexity index is 421. The molecule has 0 bridgehead atoms. The van der Waals surface area contributed by atoms with Crippen molar-refractivity contribution in [2.45, 2.75) is 0 Å². The predicted octanol–water partition coefficient (Wildman–Crippen LogP) is 0.311. The van der Waals surface area contributed by atoms with Crippen LogP contribution < -0.4 is 11.1 Å². The number of carbonyl (C=O) groups is 2. The largest absolute Gasteiger partial charge is 0.468 e. The zero-order chi connectivity index (χ0) is 12.1. The molecular formula is C10H11FN2O3. The summed E-state index contributed by atoms with van der Waals surface area (Å²) in [5, 5.41) is 2.21. The van der Waals surface area contributed by atoms with E-state index in [9.17, 15) is 14.0 Å². The zero-order valence-corrected chi connectivity index (χ0v) is 8.62. The van der Waals surface area contributed by atoms with Crippen molar-refractivity contribution in [3.63, 3.8) is 0 Å². The molecule has 16 heavy (non-hydrogen) atoms. The molecule has 1 amide bonds. The predicted molar refractivity (Wildman–Crippen MR) is 55.2 cm³/mol. The van der Waals surface area contributed by atoms with E-state index in [2.05, 4.69) is 10.1 Å². The van der Waals surface area contributed by atoms with Crippen LogP contribution in [0.5, 0.6) is 0 Å². The minimum atomic E-state index is -0.713. The third-order valence-corrected chi connectivity index (χ3v) is 1.86. The number of rotatable bonds is 3. The Morgan fingerprint density at radius 3 is 2.81 bits per heavy atom. The lowest BCUT2D eigenvalue weighted by atomic mass is 10.2. The molecule has 0 atom stereocenters. The van der Waals surface area contributed by atoms with Gasteiger partial charge in [-0.1, -0.05) is 0 Å². The van der Waals surface area contributed by atoms with Gasteiger partial charge in [0.2, 0.25) is 0 Å². The maximum Gasteiger partial charge on any atom is 0.325 e. The van der Waals surface area contributed by atoms with Crippen molar-refractivity contribution >= 4 is 17.6 Å². The number of hydrogen-bond donors (Lipinski definition) is 2. The van der Waals surface area contributed by atoms with Crippen LogP contribution in [-0.2, 0) is 9.53 Å². The van der Waals surface area contributed by atoms with Gasteiger partial charge in [0.1, 0.15) is 12.4 Å². The van der Waals surface area contributed by atoms with E-state index in [-0.39, 0.29) is 17.8 Å². The monoisotopic (exact) mass is 226 g/mol. The highest BCUT2D eigenvalue weighted by atomic mass is 19.1. The average molecular weight is 226 g/mol. The molecule has 0 fully saturated rings. The molecule has 0 aliphatic rings. The second kappa shape index (κ2) is 5.11. The summed E-state index contributed by atoms with van der Waals surface area (Å²) in [4.78, 5) is 22.2. The van der Waals surface area contributed by atoms with Gasteiger partial charge in [0.25, 0.3) is 5.91 Å². The number of ether oxygens (including phenoxy) is 1. The first-order valence-electron chi connectivity index (χ1n) is 4.44. The Labute approximate surface area is 91.4 Å². The summed E-state index contributed by atoms with van der Waals surface area (Å²) in [6.07, 6.45) is 0. The molecule has 0 aliphatic carbocycles. The normalized spacial score (nSPS) is 9.62. The third-order valence-electron chi connectivity index (χ3n) is 1.86. The van der Waals surface area contributed by atoms with Crippen LogP contribution >= 0.6 is 0 Å². The first-order chi connectivity index (χ1) is 7.54. The minimum Gasteiger partial charge on any atom is -0.468 e. The van der Waals surface area contributed by atoms with Gasteiger partial charge in [-0.05, 0) is 18.2 Å². The molecule has 0 saturated heterocycles. The number of esters is 1. The number of nitrogens with one attached hydrogen (secondary N) is 1. The van der Waals surface area contributed by atoms with Gasteiger partial charge in [0, 0.05) is 5.69 Å². The molecule has 0 unspecified atom stereocenters. The van der Waals surface area contributed by atoms with Crippen LogP contribution in [0.25, 0.3) is 0 Å². The fourth-order valence-electron chi connectivity index (χ4n) is 1.04. The molecule has 0 heterocycles. The number of nitrogens with two attached hydrogens (primary N) is 1. The molecule has 1 rings (SSSR count). The van der Waals surface area contributed by atoms with Crippen molar-refractivity contribution < 1.29 is 18.7 Å². The molecule has 0 aliphatic heterocycles. The lowest BCUT2D eigenvalue weighted by molar-refractivity contribution is -0.139. The van der Waals surface area contributed by atoms with Gasteiger partial charge >= 0.3 is 5.97 Å². The molecule has 6 heteroatoms. The lowest BCUT2D eigenvalue weighted by Gasteiger charge is -2.05. The number of carbonyl (C=O) groups excluding carboxylic acids is 2. The fourth-order valence-corrected chi connectivity index (χ4v) is 1.04. The van der Waals surface area contributed by atoms with E-state index < -0.39 is 17.7 Å². The molecule has 5 nitrogen and oxygen atoms in total. The van der Waals surface area contributed by atoms with Gasteiger partial charge in [-0.25, -0.2) is 4.39 Å². The Morgan fingerprint density at radius 1 is 1.50 bits per heavy atom. The molecular weight excluding hydrogens is 215 g/mol. The molecule has 0 radical (unpaired) electrons. The van der Waals surface area contributed by atoms with E-state index in [4.69, 9.17) is 5.73 Å². The average Bonchev–Trinajstić information content (AvgIpc) is 2.28. The van der Waals surface area contributed by atoms with Crippen molar-refractivity contribution in [1.82, 2.24) is 5.32 Å². The number of benzene rings is 1. The smallest absolute Gasteiger partial charge is 0.325 e. The van der Waals surface area contributed by atoms with Crippen molar-refractivity contribution in [3.8, 4) is 0 Å². The summed E-state index contributed by atoms with van der Waals surface area (Å²) >= 11 is 0. The summed E-state index contributed by atoms with van der Waals surface area (Å²) in [5.41, 5.74) is 5.47. The zero-order valence-electron chi connectivity index (χ0n) is 8.62. The maximum absolute atomic E-state index is 13.2. The highest BCUT2D eigenvalue weighted by Gasteiger charge is 2.12. The second-order valence-corrected chi connectivity index (χ2v) is 3.00. The van der Waals surface area contributed by atoms with E-state index in [0.29, 0.717) is 0 Å². The van der Waals surface area contributed by atoms with Crippen LogP contribution in [0, 0.1) is 5.82 Å². The summed E-state index contributed by atoms with van der Waals surface area (Å²) in [6, 6.07) is 3.62. The molecule has 1 aromatic rings. The molecule has 0 aromatic heterocycles. The number of halogens is 1. The Morgan fingerprint density at radius 2 is 2.19 bits per heavy atom. The van der Waals surface area contributed by atoms with Gasteiger partial charge in [0.15, 0.2) is 0 Å². The third kappa shape index (κ3) is 2.94. The Hall–Kier alpha value is -2.11. The van der Waals surface area contributed by atoms with E-state index in [1.807, 2.05) is 0 Å². The van der Waals surface area contributed by atoms with E-state index in [1.165, 1.54) is 19.2 Å². The Kier molecular flexibility index (Phi) is 3.82. The van der Waals surface area contributed by atoms with Crippen LogP contribution in [0.15, 0.2) is 18.2 Å². The van der Waals surface area contributed by atoms with Crippen molar-refractivity contribution in [2.24, 2.45) is 0 Å². The molecule has 0 saturated carbocycles. The quantitative estimate of drug-likeness (QED) is 0.574. The second-order valence-electron chi connectivity index (χ2n) is 3.00. The van der Waals surface area contributed by atoms with Crippen LogP contribution in [0.1, 0.15) is 10.4 Å². The number of hydrogen-bond acceptors (Lipinski definition) is 4. The first-order valence-corrected chi connectivity index (χ1v) is 4.44. The molecule has 0 spiro atoms. The first kappa shape index (κ1) is 12.0. The van der Waals surface area contributed by atoms with Crippen LogP contribution in [0.4, 0.5) is 10.1 Å². The number of amides is 1. The maximum atomic E-state index is 13.2. The lowest BCUT2D eigenvalue weighted by Crippen LogP contribution is -2.30. The van der Waals surface area contributed by atoms with Gasteiger partial charge in [0.05, 0.1) is 12.7 Å². The highest BCUT2D eigenvalue weighted by molar-refractivity contribution is 5.96. The number of nitrogen functional groups attached to an aromatic ring is 1. The minimum absolute atomic E-state index is 0.205. The van der Waals surface area contributed by atoms with Crippen molar-refractivity contribution in [3.05, 3.63) is 29.6 Å². The van der Waals surface area contributed by atoms with Crippen LogP contribution in [0.3, 0.4) is 0 Å². The molecule has 1 aromatic carbocycles. The van der Waals surface area contributed by atoms with Crippen LogP contribution in [0.2, 0.25) is 0 Å². The van der Waals surface area contributed by atoms with Crippen molar-refractivity contribution in [1.29, 1.82) is 0 Å². The summed E-state index contributed by atoms with van der Waals surface area (Å²) in [6.45, 7) is -0.316. The van der Waals surface area contributed by atoms with Gasteiger partial charge in [-0.15, -0.1) is 0 Å². The van der Waals surface area contributed by atoms with Gasteiger partial charge in [-0.3, -0.25) is 9.59 Å². The molecule has 3 N–H and O–H groups in total. The number of methoxy groups -OCH3 is 1. The highest BCUT2D eigenvalue weighted by Crippen LogP contribution is 2.11. The molecule has 86 valence electrons. The number of anilines is 1. The Balaban J connectivity index is 2.73. The van der Waals surface area contributed by atoms with Crippen molar-refractivity contribution in [2.75, 3.05) is 19.4 Å². The summed E-state index contributed by atoms with van der Waals surface area (Å²) < 4.78 is 17.5. The van der Waals surface area contributed by atoms with E-state index in [0.717, 1.165) is 6.07 Å². The van der Waals surface area contributed by atoms with E-state index >= 15 is 0 Å². The SMILES string of the molecule is COC(=O)CNC(=O)c1cc(N)ccc1F. The van der Waals surface area contributed by atoms with E-state index in [1.54, 1.807) is 0 Å². The van der Waals surface area contributed by atoms with Crippen LogP contribution in [-0.4, -0.2) is 25.5 Å². The standard InChI is InChI=1S/C10H11FN2O3/c1-16-9(14)5-13-10(15)7-4-6(12)2-3-8(7)11/h2-4H,5,12H2,1H3,(H,13,15).